The van der Waals surface area contributed by atoms with Crippen molar-refractivity contribution in [1.29, 1.82) is 0 Å². The van der Waals surface area contributed by atoms with Crippen molar-refractivity contribution in [2.75, 3.05) is 26.2 Å². The Balaban J connectivity index is 1.32. The first-order valence-electron chi connectivity index (χ1n) is 10.1. The molecule has 0 spiro atoms. The van der Waals surface area contributed by atoms with Crippen molar-refractivity contribution < 1.29 is 4.52 Å². The van der Waals surface area contributed by atoms with Gasteiger partial charge >= 0.3 is 0 Å². The SMILES string of the molecule is CC(C)c1ccc(-c2noc(CN3CCN(C4CCCC4)CC3)n2)cc1. The van der Waals surface area contributed by atoms with Gasteiger partial charge in [-0.15, -0.1) is 0 Å². The predicted molar refractivity (Wildman–Crippen MR) is 103 cm³/mol. The van der Waals surface area contributed by atoms with Crippen LogP contribution in [0.1, 0.15) is 56.9 Å². The molecule has 5 heteroatoms. The van der Waals surface area contributed by atoms with Crippen molar-refractivity contribution in [2.45, 2.75) is 58.0 Å². The third kappa shape index (κ3) is 3.99. The minimum Gasteiger partial charge on any atom is -0.338 e. The van der Waals surface area contributed by atoms with E-state index in [9.17, 15) is 0 Å². The molecule has 0 atom stereocenters. The Labute approximate surface area is 156 Å². The molecule has 4 rings (SSSR count). The Kier molecular flexibility index (Phi) is 5.36. The summed E-state index contributed by atoms with van der Waals surface area (Å²) in [6.07, 6.45) is 5.60. The summed E-state index contributed by atoms with van der Waals surface area (Å²) < 4.78 is 5.51. The van der Waals surface area contributed by atoms with E-state index in [0.717, 1.165) is 37.1 Å². The fourth-order valence-corrected chi connectivity index (χ4v) is 4.20. The normalized spacial score (nSPS) is 20.3. The van der Waals surface area contributed by atoms with Gasteiger partial charge in [0.15, 0.2) is 0 Å². The van der Waals surface area contributed by atoms with Gasteiger partial charge in [-0.2, -0.15) is 4.98 Å². The zero-order chi connectivity index (χ0) is 17.9. The van der Waals surface area contributed by atoms with Gasteiger partial charge in [0.2, 0.25) is 11.7 Å². The molecular formula is C21H30N4O. The van der Waals surface area contributed by atoms with Crippen LogP contribution >= 0.6 is 0 Å². The molecule has 2 aliphatic rings. The van der Waals surface area contributed by atoms with Crippen molar-refractivity contribution >= 4 is 0 Å². The van der Waals surface area contributed by atoms with Crippen LogP contribution in [-0.4, -0.2) is 52.2 Å². The van der Waals surface area contributed by atoms with E-state index in [1.165, 1.54) is 44.3 Å². The van der Waals surface area contributed by atoms with Crippen LogP contribution < -0.4 is 0 Å². The lowest BCUT2D eigenvalue weighted by Crippen LogP contribution is -2.49. The molecule has 2 aromatic rings. The van der Waals surface area contributed by atoms with Gasteiger partial charge in [-0.1, -0.05) is 56.1 Å². The molecule has 0 N–H and O–H groups in total. The lowest BCUT2D eigenvalue weighted by molar-refractivity contribution is 0.0868. The monoisotopic (exact) mass is 354 g/mol. The van der Waals surface area contributed by atoms with Crippen LogP contribution in [-0.2, 0) is 6.54 Å². The highest BCUT2D eigenvalue weighted by Crippen LogP contribution is 2.25. The van der Waals surface area contributed by atoms with Crippen LogP contribution in [0.3, 0.4) is 0 Å². The summed E-state index contributed by atoms with van der Waals surface area (Å²) in [5, 5.41) is 4.18. The fourth-order valence-electron chi connectivity index (χ4n) is 4.20. The number of hydrogen-bond donors (Lipinski definition) is 0. The summed E-state index contributed by atoms with van der Waals surface area (Å²) in [4.78, 5) is 9.73. The third-order valence-corrected chi connectivity index (χ3v) is 5.91. The minimum absolute atomic E-state index is 0.535. The van der Waals surface area contributed by atoms with Crippen molar-refractivity contribution in [2.24, 2.45) is 0 Å². The number of benzene rings is 1. The maximum atomic E-state index is 5.51. The predicted octanol–water partition coefficient (Wildman–Crippen LogP) is 3.92. The molecule has 2 fully saturated rings. The highest BCUT2D eigenvalue weighted by atomic mass is 16.5. The van der Waals surface area contributed by atoms with Crippen molar-refractivity contribution in [3.63, 3.8) is 0 Å². The van der Waals surface area contributed by atoms with Crippen LogP contribution in [0.15, 0.2) is 28.8 Å². The van der Waals surface area contributed by atoms with Crippen molar-refractivity contribution in [1.82, 2.24) is 19.9 Å². The Morgan fingerprint density at radius 3 is 2.38 bits per heavy atom. The van der Waals surface area contributed by atoms with Crippen molar-refractivity contribution in [3.05, 3.63) is 35.7 Å². The summed E-state index contributed by atoms with van der Waals surface area (Å²) in [6.45, 7) is 9.69. The van der Waals surface area contributed by atoms with Crippen LogP contribution in [0.4, 0.5) is 0 Å². The Morgan fingerprint density at radius 2 is 1.73 bits per heavy atom. The average molecular weight is 354 g/mol. The molecule has 140 valence electrons. The van der Waals surface area contributed by atoms with E-state index in [2.05, 4.69) is 58.1 Å². The molecule has 0 amide bonds. The van der Waals surface area contributed by atoms with Gasteiger partial charge in [-0.05, 0) is 24.3 Å². The largest absolute Gasteiger partial charge is 0.338 e. The molecular weight excluding hydrogens is 324 g/mol. The van der Waals surface area contributed by atoms with Crippen LogP contribution in [0.2, 0.25) is 0 Å². The second-order valence-electron chi connectivity index (χ2n) is 8.04. The van der Waals surface area contributed by atoms with Gasteiger partial charge in [-0.25, -0.2) is 0 Å². The van der Waals surface area contributed by atoms with Crippen molar-refractivity contribution in [3.8, 4) is 11.4 Å². The van der Waals surface area contributed by atoms with E-state index in [-0.39, 0.29) is 0 Å². The summed E-state index contributed by atoms with van der Waals surface area (Å²) in [5.74, 6) is 1.95. The van der Waals surface area contributed by atoms with Gasteiger partial charge in [0.1, 0.15) is 0 Å². The number of piperazine rings is 1. The highest BCUT2D eigenvalue weighted by molar-refractivity contribution is 5.54. The van der Waals surface area contributed by atoms with Gasteiger partial charge in [0, 0.05) is 37.8 Å². The van der Waals surface area contributed by atoms with Gasteiger partial charge < -0.3 is 4.52 Å². The molecule has 26 heavy (non-hydrogen) atoms. The molecule has 0 unspecified atom stereocenters. The first kappa shape index (κ1) is 17.7. The Hall–Kier alpha value is -1.72. The fraction of sp³-hybridized carbons (Fsp3) is 0.619. The molecule has 1 aromatic heterocycles. The number of aromatic nitrogens is 2. The lowest BCUT2D eigenvalue weighted by atomic mass is 10.0. The first-order valence-corrected chi connectivity index (χ1v) is 10.1. The smallest absolute Gasteiger partial charge is 0.241 e. The van der Waals surface area contributed by atoms with E-state index in [4.69, 9.17) is 4.52 Å². The average Bonchev–Trinajstić information content (AvgIpc) is 3.35. The molecule has 0 radical (unpaired) electrons. The maximum absolute atomic E-state index is 5.51. The zero-order valence-electron chi connectivity index (χ0n) is 16.0. The van der Waals surface area contributed by atoms with E-state index in [1.54, 1.807) is 0 Å². The summed E-state index contributed by atoms with van der Waals surface area (Å²) >= 11 is 0. The van der Waals surface area contributed by atoms with Crippen LogP contribution in [0.25, 0.3) is 11.4 Å². The summed E-state index contributed by atoms with van der Waals surface area (Å²) in [7, 11) is 0. The minimum atomic E-state index is 0.535. The summed E-state index contributed by atoms with van der Waals surface area (Å²) in [6, 6.07) is 9.31. The molecule has 5 nitrogen and oxygen atoms in total. The van der Waals surface area contributed by atoms with Gasteiger partial charge in [0.05, 0.1) is 6.54 Å². The highest BCUT2D eigenvalue weighted by Gasteiger charge is 2.26. The molecule has 2 heterocycles. The quantitative estimate of drug-likeness (QED) is 0.814. The molecule has 1 aliphatic carbocycles. The van der Waals surface area contributed by atoms with Gasteiger partial charge in [0.25, 0.3) is 0 Å². The standard InChI is InChI=1S/C21H30N4O/c1-16(2)17-7-9-18(10-8-17)21-22-20(26-23-21)15-24-11-13-25(14-12-24)19-5-3-4-6-19/h7-10,16,19H,3-6,11-15H2,1-2H3. The first-order chi connectivity index (χ1) is 12.7. The number of rotatable bonds is 5. The maximum Gasteiger partial charge on any atom is 0.241 e. The Morgan fingerprint density at radius 1 is 1.04 bits per heavy atom. The van der Waals surface area contributed by atoms with Crippen LogP contribution in [0, 0.1) is 0 Å². The molecule has 1 saturated heterocycles. The molecule has 1 saturated carbocycles. The Bertz CT molecular complexity index is 695. The second kappa shape index (κ2) is 7.89. The lowest BCUT2D eigenvalue weighted by Gasteiger charge is -2.37. The van der Waals surface area contributed by atoms with E-state index < -0.39 is 0 Å². The number of nitrogens with zero attached hydrogens (tertiary/aromatic N) is 4. The molecule has 0 bridgehead atoms. The van der Waals surface area contributed by atoms with E-state index >= 15 is 0 Å². The second-order valence-corrected chi connectivity index (χ2v) is 8.04. The topological polar surface area (TPSA) is 45.4 Å². The van der Waals surface area contributed by atoms with Crippen LogP contribution in [0.5, 0.6) is 0 Å². The number of hydrogen-bond acceptors (Lipinski definition) is 5. The molecule has 1 aromatic carbocycles. The van der Waals surface area contributed by atoms with E-state index in [1.807, 2.05) is 0 Å². The summed E-state index contributed by atoms with van der Waals surface area (Å²) in [5.41, 5.74) is 2.35. The molecule has 1 aliphatic heterocycles. The third-order valence-electron chi connectivity index (χ3n) is 5.91. The van der Waals surface area contributed by atoms with Gasteiger partial charge in [-0.3, -0.25) is 9.80 Å². The zero-order valence-corrected chi connectivity index (χ0v) is 16.0. The van der Waals surface area contributed by atoms with E-state index in [0.29, 0.717) is 11.7 Å².